The topological polar surface area (TPSA) is 0 Å². The highest BCUT2D eigenvalue weighted by Crippen LogP contribution is 2.35. The normalized spacial score (nSPS) is 11.5. The Labute approximate surface area is 172 Å². The Balaban J connectivity index is 1.93. The maximum atomic E-state index is 2.36. The molecule has 0 atom stereocenters. The van der Waals surface area contributed by atoms with Crippen molar-refractivity contribution in [2.24, 2.45) is 0 Å². The van der Waals surface area contributed by atoms with Gasteiger partial charge in [0.25, 0.3) is 0 Å². The molecular weight excluding hydrogens is 336 g/mol. The lowest BCUT2D eigenvalue weighted by Gasteiger charge is -2.18. The number of aryl methyl sites for hydroxylation is 2. The highest BCUT2D eigenvalue weighted by Gasteiger charge is 2.13. The molecule has 0 saturated heterocycles. The summed E-state index contributed by atoms with van der Waals surface area (Å²) < 4.78 is 0. The summed E-state index contributed by atoms with van der Waals surface area (Å²) in [6.45, 7) is 4.60. The summed E-state index contributed by atoms with van der Waals surface area (Å²) >= 11 is 0. The molecule has 3 aromatic carbocycles. The van der Waals surface area contributed by atoms with Gasteiger partial charge in [0.1, 0.15) is 0 Å². The van der Waals surface area contributed by atoms with Gasteiger partial charge in [-0.15, -0.1) is 0 Å². The van der Waals surface area contributed by atoms with Crippen LogP contribution >= 0.6 is 0 Å². The van der Waals surface area contributed by atoms with E-state index >= 15 is 0 Å². The Bertz CT molecular complexity index is 786. The van der Waals surface area contributed by atoms with Gasteiger partial charge in [-0.3, -0.25) is 0 Å². The molecule has 0 aliphatic rings. The SMILES string of the molecule is CCCCCCCc1c(CCCCCCC)c2ccccc2c2ccccc12. The molecule has 0 amide bonds. The monoisotopic (exact) mass is 374 g/mol. The number of hydrogen-bond acceptors (Lipinski definition) is 0. The molecule has 0 aromatic heterocycles. The van der Waals surface area contributed by atoms with E-state index < -0.39 is 0 Å². The zero-order chi connectivity index (χ0) is 19.6. The van der Waals surface area contributed by atoms with Crippen molar-refractivity contribution in [1.82, 2.24) is 0 Å². The Morgan fingerprint density at radius 2 is 0.786 bits per heavy atom. The number of hydrogen-bond donors (Lipinski definition) is 0. The van der Waals surface area contributed by atoms with Gasteiger partial charge in [0, 0.05) is 0 Å². The quantitative estimate of drug-likeness (QED) is 0.219. The summed E-state index contributed by atoms with van der Waals surface area (Å²) in [4.78, 5) is 0. The van der Waals surface area contributed by atoms with Crippen LogP contribution < -0.4 is 0 Å². The van der Waals surface area contributed by atoms with Crippen molar-refractivity contribution in [2.45, 2.75) is 90.9 Å². The van der Waals surface area contributed by atoms with Crippen LogP contribution in [0.2, 0.25) is 0 Å². The van der Waals surface area contributed by atoms with Crippen LogP contribution in [0, 0.1) is 0 Å². The third-order valence-corrected chi connectivity index (χ3v) is 6.22. The predicted molar refractivity (Wildman–Crippen MR) is 126 cm³/mol. The molecule has 0 nitrogen and oxygen atoms in total. The summed E-state index contributed by atoms with van der Waals surface area (Å²) in [6, 6.07) is 18.2. The Hall–Kier alpha value is -1.82. The second-order valence-electron chi connectivity index (χ2n) is 8.38. The maximum Gasteiger partial charge on any atom is -0.0102 e. The second kappa shape index (κ2) is 11.2. The lowest BCUT2D eigenvalue weighted by atomic mass is 9.86. The molecule has 0 N–H and O–H groups in total. The van der Waals surface area contributed by atoms with Crippen molar-refractivity contribution in [3.63, 3.8) is 0 Å². The molecule has 0 radical (unpaired) electrons. The first-order valence-electron chi connectivity index (χ1n) is 11.8. The molecule has 3 aromatic rings. The largest absolute Gasteiger partial charge is 0.0654 e. The van der Waals surface area contributed by atoms with Gasteiger partial charge in [0.2, 0.25) is 0 Å². The summed E-state index contributed by atoms with van der Waals surface area (Å²) in [5.74, 6) is 0. The number of unbranched alkanes of at least 4 members (excludes halogenated alkanes) is 8. The smallest absolute Gasteiger partial charge is 0.0102 e. The average Bonchev–Trinajstić information content (AvgIpc) is 2.74. The van der Waals surface area contributed by atoms with E-state index in [0.29, 0.717) is 0 Å². The predicted octanol–water partition coefficient (Wildman–Crippen LogP) is 9.02. The standard InChI is InChI=1S/C28H38/c1-3-5-7-9-11-17-23-24(18-12-10-8-6-4-2)26-20-14-16-22-28(26)27-21-15-13-19-25(23)27/h13-16,19-22H,3-12,17-18H2,1-2H3. The van der Waals surface area contributed by atoms with Crippen LogP contribution in [0.1, 0.15) is 89.2 Å². The van der Waals surface area contributed by atoms with E-state index in [0.717, 1.165) is 0 Å². The van der Waals surface area contributed by atoms with Crippen LogP contribution in [0.3, 0.4) is 0 Å². The van der Waals surface area contributed by atoms with Gasteiger partial charge in [0.05, 0.1) is 0 Å². The van der Waals surface area contributed by atoms with Crippen molar-refractivity contribution in [2.75, 3.05) is 0 Å². The molecule has 0 saturated carbocycles. The maximum absolute atomic E-state index is 2.36. The van der Waals surface area contributed by atoms with Gasteiger partial charge in [-0.2, -0.15) is 0 Å². The fraction of sp³-hybridized carbons (Fsp3) is 0.500. The molecule has 0 unspecified atom stereocenters. The van der Waals surface area contributed by atoms with Gasteiger partial charge < -0.3 is 0 Å². The Morgan fingerprint density at radius 3 is 1.18 bits per heavy atom. The van der Waals surface area contributed by atoms with Crippen molar-refractivity contribution >= 4 is 21.5 Å². The van der Waals surface area contributed by atoms with Gasteiger partial charge in [-0.05, 0) is 58.4 Å². The van der Waals surface area contributed by atoms with E-state index in [-0.39, 0.29) is 0 Å². The summed E-state index contributed by atoms with van der Waals surface area (Å²) in [5.41, 5.74) is 3.28. The molecular formula is C28H38. The van der Waals surface area contributed by atoms with Crippen LogP contribution in [0.4, 0.5) is 0 Å². The molecule has 0 spiro atoms. The minimum atomic E-state index is 1.24. The highest BCUT2D eigenvalue weighted by atomic mass is 14.2. The van der Waals surface area contributed by atoms with E-state index in [4.69, 9.17) is 0 Å². The first kappa shape index (κ1) is 20.9. The van der Waals surface area contributed by atoms with Crippen LogP contribution in [-0.2, 0) is 12.8 Å². The first-order valence-corrected chi connectivity index (χ1v) is 11.8. The summed E-state index contributed by atoms with van der Waals surface area (Å²) in [6.07, 6.45) is 16.0. The van der Waals surface area contributed by atoms with Crippen molar-refractivity contribution in [1.29, 1.82) is 0 Å². The lowest BCUT2D eigenvalue weighted by molar-refractivity contribution is 0.623. The van der Waals surface area contributed by atoms with E-state index in [9.17, 15) is 0 Å². The molecule has 0 aliphatic heterocycles. The van der Waals surface area contributed by atoms with Crippen molar-refractivity contribution < 1.29 is 0 Å². The number of fused-ring (bicyclic) bond motifs is 3. The summed E-state index contributed by atoms with van der Waals surface area (Å²) in [7, 11) is 0. The molecule has 0 aliphatic carbocycles. The van der Waals surface area contributed by atoms with Crippen molar-refractivity contribution in [3.8, 4) is 0 Å². The minimum Gasteiger partial charge on any atom is -0.0654 e. The molecule has 0 fully saturated rings. The fourth-order valence-corrected chi connectivity index (χ4v) is 4.67. The zero-order valence-corrected chi connectivity index (χ0v) is 18.1. The first-order chi connectivity index (χ1) is 13.9. The van der Waals surface area contributed by atoms with Crippen LogP contribution in [0.15, 0.2) is 48.5 Å². The molecule has 0 bridgehead atoms. The van der Waals surface area contributed by atoms with Crippen molar-refractivity contribution in [3.05, 3.63) is 59.7 Å². The number of rotatable bonds is 12. The molecule has 28 heavy (non-hydrogen) atoms. The van der Waals surface area contributed by atoms with E-state index in [2.05, 4.69) is 62.4 Å². The molecule has 3 rings (SSSR count). The van der Waals surface area contributed by atoms with Crippen LogP contribution in [-0.4, -0.2) is 0 Å². The summed E-state index contributed by atoms with van der Waals surface area (Å²) in [5, 5.41) is 5.88. The second-order valence-corrected chi connectivity index (χ2v) is 8.38. The number of benzene rings is 3. The molecule has 0 heterocycles. The van der Waals surface area contributed by atoms with Crippen LogP contribution in [0.5, 0.6) is 0 Å². The third kappa shape index (κ3) is 5.16. The van der Waals surface area contributed by atoms with Gasteiger partial charge in [0.15, 0.2) is 0 Å². The van der Waals surface area contributed by atoms with E-state index in [1.54, 1.807) is 11.1 Å². The lowest BCUT2D eigenvalue weighted by Crippen LogP contribution is -2.00. The van der Waals surface area contributed by atoms with Gasteiger partial charge in [-0.1, -0.05) is 114 Å². The highest BCUT2D eigenvalue weighted by molar-refractivity contribution is 6.10. The van der Waals surface area contributed by atoms with Crippen LogP contribution in [0.25, 0.3) is 21.5 Å². The Kier molecular flexibility index (Phi) is 8.40. The average molecular weight is 375 g/mol. The van der Waals surface area contributed by atoms with E-state index in [1.165, 1.54) is 98.6 Å². The Morgan fingerprint density at radius 1 is 0.429 bits per heavy atom. The van der Waals surface area contributed by atoms with E-state index in [1.807, 2.05) is 0 Å². The van der Waals surface area contributed by atoms with Gasteiger partial charge in [-0.25, -0.2) is 0 Å². The third-order valence-electron chi connectivity index (χ3n) is 6.22. The molecule has 150 valence electrons. The molecule has 0 heteroatoms. The minimum absolute atomic E-state index is 1.24. The fourth-order valence-electron chi connectivity index (χ4n) is 4.67. The zero-order valence-electron chi connectivity index (χ0n) is 18.1. The van der Waals surface area contributed by atoms with Gasteiger partial charge >= 0.3 is 0 Å².